The standard InChI is InChI=1S/C22H27N5O.CH4N2/c1-25-13-10-16-2-8-20(9-3-16)26-21(28)19-6-4-17(5-7-19)18-11-14-27(15-12-18)22(23)24;2-1-3/h2-9,11,25H,10,12-15H2,1H3,(H3,23,24)(H,26,28);1H,(H3,2,3). The molecule has 0 aromatic heterocycles. The van der Waals surface area contributed by atoms with Gasteiger partial charge in [-0.2, -0.15) is 0 Å². The number of anilines is 1. The molecule has 0 bridgehead atoms. The zero-order valence-corrected chi connectivity index (χ0v) is 17.8. The van der Waals surface area contributed by atoms with Gasteiger partial charge in [0.2, 0.25) is 0 Å². The Balaban J connectivity index is 0.00000107. The molecule has 1 heterocycles. The van der Waals surface area contributed by atoms with E-state index in [1.165, 1.54) is 11.1 Å². The van der Waals surface area contributed by atoms with Gasteiger partial charge in [-0.25, -0.2) is 0 Å². The van der Waals surface area contributed by atoms with Crippen molar-refractivity contribution in [3.05, 3.63) is 71.3 Å². The fraction of sp³-hybridized carbons (Fsp3) is 0.261. The molecule has 0 saturated heterocycles. The molecule has 0 aliphatic carbocycles. The Labute approximate surface area is 183 Å². The number of nitrogens with one attached hydrogen (secondary N) is 4. The fourth-order valence-corrected chi connectivity index (χ4v) is 3.21. The Kier molecular flexibility index (Phi) is 9.25. The van der Waals surface area contributed by atoms with Crippen LogP contribution in [0.2, 0.25) is 0 Å². The highest BCUT2D eigenvalue weighted by molar-refractivity contribution is 6.04. The average molecular weight is 422 g/mol. The van der Waals surface area contributed by atoms with Crippen LogP contribution in [-0.2, 0) is 6.42 Å². The lowest BCUT2D eigenvalue weighted by molar-refractivity contribution is 0.102. The molecule has 1 aliphatic rings. The van der Waals surface area contributed by atoms with Gasteiger partial charge in [-0.3, -0.25) is 15.6 Å². The predicted molar refractivity (Wildman–Crippen MR) is 128 cm³/mol. The first-order chi connectivity index (χ1) is 15.0. The molecular weight excluding hydrogens is 390 g/mol. The maximum atomic E-state index is 12.5. The number of carbonyl (C=O) groups excluding carboxylic acids is 1. The zero-order chi connectivity index (χ0) is 22.6. The SMILES string of the molecule is CNCCc1ccc(NC(=O)c2ccc(C3=CCN(C(=N)N)CC3)cc2)cc1.N=CN. The van der Waals surface area contributed by atoms with Gasteiger partial charge in [-0.15, -0.1) is 0 Å². The van der Waals surface area contributed by atoms with Gasteiger partial charge >= 0.3 is 0 Å². The van der Waals surface area contributed by atoms with Gasteiger partial charge in [0.1, 0.15) is 0 Å². The van der Waals surface area contributed by atoms with E-state index < -0.39 is 0 Å². The number of nitrogens with zero attached hydrogens (tertiary/aromatic N) is 1. The molecule has 2 aromatic carbocycles. The molecular formula is C23H31N7O. The molecule has 0 fully saturated rings. The second-order valence-electron chi connectivity index (χ2n) is 7.06. The van der Waals surface area contributed by atoms with Crippen molar-refractivity contribution < 1.29 is 4.79 Å². The van der Waals surface area contributed by atoms with Crippen LogP contribution in [-0.4, -0.2) is 49.8 Å². The van der Waals surface area contributed by atoms with E-state index >= 15 is 0 Å². The van der Waals surface area contributed by atoms with Crippen molar-refractivity contribution in [1.82, 2.24) is 10.2 Å². The molecule has 0 radical (unpaired) electrons. The van der Waals surface area contributed by atoms with Crippen LogP contribution >= 0.6 is 0 Å². The van der Waals surface area contributed by atoms with Crippen molar-refractivity contribution in [3.63, 3.8) is 0 Å². The first-order valence-corrected chi connectivity index (χ1v) is 10.1. The summed E-state index contributed by atoms with van der Waals surface area (Å²) in [6, 6.07) is 15.6. The minimum absolute atomic E-state index is 0.109. The highest BCUT2D eigenvalue weighted by Crippen LogP contribution is 2.23. The van der Waals surface area contributed by atoms with Crippen LogP contribution in [0.3, 0.4) is 0 Å². The third-order valence-corrected chi connectivity index (χ3v) is 4.94. The van der Waals surface area contributed by atoms with Gasteiger partial charge in [0.15, 0.2) is 5.96 Å². The largest absolute Gasteiger partial charge is 0.390 e. The summed E-state index contributed by atoms with van der Waals surface area (Å²) in [4.78, 5) is 14.3. The molecule has 3 rings (SSSR count). The van der Waals surface area contributed by atoms with Crippen LogP contribution in [0, 0.1) is 10.8 Å². The van der Waals surface area contributed by atoms with E-state index in [1.54, 1.807) is 0 Å². The summed E-state index contributed by atoms with van der Waals surface area (Å²) in [5.74, 6) is -0.00714. The van der Waals surface area contributed by atoms with Crippen LogP contribution in [0.15, 0.2) is 54.6 Å². The number of likely N-dealkylation sites (N-methyl/N-ethyl adjacent to an activating group) is 1. The molecule has 8 nitrogen and oxygen atoms in total. The van der Waals surface area contributed by atoms with E-state index in [2.05, 4.69) is 22.4 Å². The normalized spacial score (nSPS) is 12.8. The second-order valence-corrected chi connectivity index (χ2v) is 7.06. The lowest BCUT2D eigenvalue weighted by Crippen LogP contribution is -2.39. The van der Waals surface area contributed by atoms with Gasteiger partial charge in [-0.1, -0.05) is 30.3 Å². The Bertz CT molecular complexity index is 905. The first-order valence-electron chi connectivity index (χ1n) is 10.1. The number of carbonyl (C=O) groups is 1. The smallest absolute Gasteiger partial charge is 0.255 e. The molecule has 8 heteroatoms. The Hall–Kier alpha value is -3.65. The average Bonchev–Trinajstić information content (AvgIpc) is 2.79. The molecule has 2 aromatic rings. The van der Waals surface area contributed by atoms with E-state index in [9.17, 15) is 4.79 Å². The van der Waals surface area contributed by atoms with E-state index in [-0.39, 0.29) is 11.9 Å². The van der Waals surface area contributed by atoms with E-state index in [0.29, 0.717) is 12.1 Å². The predicted octanol–water partition coefficient (Wildman–Crippen LogP) is 2.24. The van der Waals surface area contributed by atoms with Crippen molar-refractivity contribution in [2.45, 2.75) is 12.8 Å². The van der Waals surface area contributed by atoms with Crippen LogP contribution in [0.1, 0.15) is 27.9 Å². The van der Waals surface area contributed by atoms with Gasteiger partial charge in [-0.05, 0) is 67.4 Å². The lowest BCUT2D eigenvalue weighted by atomic mass is 9.98. The summed E-state index contributed by atoms with van der Waals surface area (Å²) in [6.45, 7) is 2.33. The highest BCUT2D eigenvalue weighted by atomic mass is 16.1. The maximum Gasteiger partial charge on any atom is 0.255 e. The van der Waals surface area contributed by atoms with Crippen LogP contribution in [0.25, 0.3) is 5.57 Å². The number of hydrogen-bond donors (Lipinski definition) is 6. The summed E-state index contributed by atoms with van der Waals surface area (Å²) < 4.78 is 0. The second kappa shape index (κ2) is 12.1. The van der Waals surface area contributed by atoms with Crippen LogP contribution < -0.4 is 22.1 Å². The molecule has 164 valence electrons. The summed E-state index contributed by atoms with van der Waals surface area (Å²) in [5, 5.41) is 19.4. The number of nitrogens with two attached hydrogens (primary N) is 2. The Morgan fingerprint density at radius 2 is 1.81 bits per heavy atom. The monoisotopic (exact) mass is 421 g/mol. The van der Waals surface area contributed by atoms with Gasteiger partial charge in [0.05, 0.1) is 6.34 Å². The minimum atomic E-state index is -0.116. The van der Waals surface area contributed by atoms with Crippen molar-refractivity contribution in [1.29, 1.82) is 10.8 Å². The van der Waals surface area contributed by atoms with E-state index in [0.717, 1.165) is 43.5 Å². The molecule has 0 atom stereocenters. The number of guanidine groups is 1. The van der Waals surface area contributed by atoms with Crippen LogP contribution in [0.4, 0.5) is 5.69 Å². The molecule has 0 spiro atoms. The van der Waals surface area contributed by atoms with Crippen molar-refractivity contribution in [2.75, 3.05) is 32.0 Å². The van der Waals surface area contributed by atoms with Crippen molar-refractivity contribution in [3.8, 4) is 0 Å². The Morgan fingerprint density at radius 1 is 1.16 bits per heavy atom. The minimum Gasteiger partial charge on any atom is -0.390 e. The summed E-state index contributed by atoms with van der Waals surface area (Å²) in [7, 11) is 1.94. The molecule has 0 unspecified atom stereocenters. The molecule has 1 amide bonds. The molecule has 31 heavy (non-hydrogen) atoms. The summed E-state index contributed by atoms with van der Waals surface area (Å²) in [5.41, 5.74) is 14.9. The number of hydrogen-bond acceptors (Lipinski definition) is 4. The number of benzene rings is 2. The quantitative estimate of drug-likeness (QED) is 0.313. The first kappa shape index (κ1) is 23.6. The summed E-state index contributed by atoms with van der Waals surface area (Å²) in [6.07, 6.45) is 4.65. The summed E-state index contributed by atoms with van der Waals surface area (Å²) >= 11 is 0. The number of amides is 1. The van der Waals surface area contributed by atoms with Gasteiger partial charge < -0.3 is 27.0 Å². The van der Waals surface area contributed by atoms with E-state index in [4.69, 9.17) is 16.6 Å². The third-order valence-electron chi connectivity index (χ3n) is 4.94. The van der Waals surface area contributed by atoms with E-state index in [1.807, 2.05) is 60.5 Å². The zero-order valence-electron chi connectivity index (χ0n) is 17.8. The lowest BCUT2D eigenvalue weighted by Gasteiger charge is -2.26. The topological polar surface area (TPSA) is 144 Å². The van der Waals surface area contributed by atoms with Gasteiger partial charge in [0.25, 0.3) is 5.91 Å². The third kappa shape index (κ3) is 7.27. The van der Waals surface area contributed by atoms with Crippen molar-refractivity contribution in [2.24, 2.45) is 11.5 Å². The van der Waals surface area contributed by atoms with Crippen molar-refractivity contribution >= 4 is 29.5 Å². The molecule has 8 N–H and O–H groups in total. The number of rotatable bonds is 6. The molecule has 0 saturated carbocycles. The highest BCUT2D eigenvalue weighted by Gasteiger charge is 2.14. The maximum absolute atomic E-state index is 12.5. The van der Waals surface area contributed by atoms with Gasteiger partial charge in [0, 0.05) is 24.3 Å². The Morgan fingerprint density at radius 3 is 2.32 bits per heavy atom. The molecule has 1 aliphatic heterocycles. The fourth-order valence-electron chi connectivity index (χ4n) is 3.21. The van der Waals surface area contributed by atoms with Crippen LogP contribution in [0.5, 0.6) is 0 Å².